The van der Waals surface area contributed by atoms with Crippen LogP contribution >= 0.6 is 11.6 Å². The zero-order valence-corrected chi connectivity index (χ0v) is 19.8. The van der Waals surface area contributed by atoms with Gasteiger partial charge >= 0.3 is 0 Å². The Labute approximate surface area is 204 Å². The molecule has 0 spiro atoms. The Kier molecular flexibility index (Phi) is 6.28. The highest BCUT2D eigenvalue weighted by atomic mass is 35.5. The van der Waals surface area contributed by atoms with Crippen molar-refractivity contribution in [2.45, 2.75) is 32.7 Å². The summed E-state index contributed by atoms with van der Waals surface area (Å²) in [6, 6.07) is 26.0. The lowest BCUT2D eigenvalue weighted by atomic mass is 10.1. The highest BCUT2D eigenvalue weighted by Gasteiger charge is 2.24. The largest absolute Gasteiger partial charge is 0.491 e. The summed E-state index contributed by atoms with van der Waals surface area (Å²) in [6.07, 6.45) is 1.72. The van der Waals surface area contributed by atoms with E-state index in [2.05, 4.69) is 21.7 Å². The summed E-state index contributed by atoms with van der Waals surface area (Å²) in [4.78, 5) is 4.63. The molecule has 2 heterocycles. The third kappa shape index (κ3) is 4.95. The average Bonchev–Trinajstić information content (AvgIpc) is 3.27. The number of fused-ring (bicyclic) bond motifs is 1. The molecule has 1 aliphatic heterocycles. The van der Waals surface area contributed by atoms with Crippen LogP contribution in [0.4, 0.5) is 11.5 Å². The molecular formula is C28H26ClN3O2. The molecule has 0 saturated heterocycles. The number of ether oxygens (including phenoxy) is 2. The number of benzene rings is 3. The number of nitrogens with zero attached hydrogens (tertiary/aromatic N) is 1. The van der Waals surface area contributed by atoms with Crippen molar-refractivity contribution in [3.05, 3.63) is 101 Å². The number of halogens is 1. The maximum atomic E-state index is 6.39. The number of anilines is 2. The minimum absolute atomic E-state index is 0.0544. The molecule has 0 fully saturated rings. The summed E-state index contributed by atoms with van der Waals surface area (Å²) < 4.78 is 12.1. The molecule has 0 saturated carbocycles. The number of hydrogen-bond acceptors (Lipinski definition) is 5. The monoisotopic (exact) mass is 471 g/mol. The lowest BCUT2D eigenvalue weighted by Crippen LogP contribution is -2.13. The molecule has 0 radical (unpaired) electrons. The molecule has 34 heavy (non-hydrogen) atoms. The van der Waals surface area contributed by atoms with Crippen LogP contribution in [-0.2, 0) is 6.61 Å². The summed E-state index contributed by atoms with van der Waals surface area (Å²) in [7, 11) is 0. The summed E-state index contributed by atoms with van der Waals surface area (Å²) in [5.41, 5.74) is 4.94. The molecule has 3 aromatic carbocycles. The van der Waals surface area contributed by atoms with Gasteiger partial charge in [0.25, 0.3) is 0 Å². The van der Waals surface area contributed by atoms with Gasteiger partial charge in [0.2, 0.25) is 0 Å². The van der Waals surface area contributed by atoms with Gasteiger partial charge in [-0.15, -0.1) is 0 Å². The second kappa shape index (κ2) is 9.65. The van der Waals surface area contributed by atoms with Crippen LogP contribution in [0.2, 0.25) is 5.02 Å². The molecule has 1 atom stereocenters. The fraction of sp³-hybridized carbons (Fsp3) is 0.179. The normalized spacial score (nSPS) is 14.3. The van der Waals surface area contributed by atoms with Gasteiger partial charge in [0.05, 0.1) is 11.8 Å². The van der Waals surface area contributed by atoms with Crippen molar-refractivity contribution < 1.29 is 9.47 Å². The van der Waals surface area contributed by atoms with Gasteiger partial charge in [-0.1, -0.05) is 60.1 Å². The van der Waals surface area contributed by atoms with Gasteiger partial charge in [-0.3, -0.25) is 0 Å². The SMILES string of the molecule is CC(C)Oc1cc(OCc2ccccc2)cc(C2Nc3cc(-c4ccccc4Cl)cnc3N2)c1. The second-order valence-corrected chi connectivity index (χ2v) is 8.91. The van der Waals surface area contributed by atoms with Gasteiger partial charge in [-0.05, 0) is 43.7 Å². The van der Waals surface area contributed by atoms with Gasteiger partial charge in [0.1, 0.15) is 24.3 Å². The van der Waals surface area contributed by atoms with E-state index in [1.165, 1.54) is 0 Å². The van der Waals surface area contributed by atoms with Gasteiger partial charge in [0, 0.05) is 34.0 Å². The van der Waals surface area contributed by atoms with Crippen LogP contribution in [0.5, 0.6) is 11.5 Å². The van der Waals surface area contributed by atoms with Crippen molar-refractivity contribution in [2.24, 2.45) is 0 Å². The molecule has 4 aromatic rings. The van der Waals surface area contributed by atoms with Crippen molar-refractivity contribution >= 4 is 23.1 Å². The van der Waals surface area contributed by atoms with E-state index in [0.29, 0.717) is 11.6 Å². The van der Waals surface area contributed by atoms with Crippen LogP contribution in [0.1, 0.15) is 31.1 Å². The zero-order chi connectivity index (χ0) is 23.5. The molecule has 0 bridgehead atoms. The predicted molar refractivity (Wildman–Crippen MR) is 138 cm³/mol. The highest BCUT2D eigenvalue weighted by Crippen LogP contribution is 2.39. The van der Waals surface area contributed by atoms with Gasteiger partial charge in [0.15, 0.2) is 5.82 Å². The topological polar surface area (TPSA) is 55.4 Å². The fourth-order valence-corrected chi connectivity index (χ4v) is 4.20. The quantitative estimate of drug-likeness (QED) is 0.296. The smallest absolute Gasteiger partial charge is 0.151 e. The zero-order valence-electron chi connectivity index (χ0n) is 19.1. The Hall–Kier alpha value is -3.70. The molecule has 1 aliphatic rings. The molecule has 0 amide bonds. The number of aromatic nitrogens is 1. The minimum Gasteiger partial charge on any atom is -0.491 e. The Morgan fingerprint density at radius 2 is 1.68 bits per heavy atom. The van der Waals surface area contributed by atoms with Crippen LogP contribution in [0.25, 0.3) is 11.1 Å². The Morgan fingerprint density at radius 1 is 0.912 bits per heavy atom. The van der Waals surface area contributed by atoms with E-state index in [1.807, 2.05) is 92.8 Å². The van der Waals surface area contributed by atoms with E-state index in [0.717, 1.165) is 45.3 Å². The van der Waals surface area contributed by atoms with Crippen molar-refractivity contribution in [3.8, 4) is 22.6 Å². The van der Waals surface area contributed by atoms with E-state index >= 15 is 0 Å². The van der Waals surface area contributed by atoms with E-state index in [1.54, 1.807) is 0 Å². The first kappa shape index (κ1) is 22.1. The number of rotatable bonds is 7. The number of nitrogens with one attached hydrogen (secondary N) is 2. The fourth-order valence-electron chi connectivity index (χ4n) is 3.95. The van der Waals surface area contributed by atoms with Crippen LogP contribution in [0.15, 0.2) is 85.1 Å². The lowest BCUT2D eigenvalue weighted by molar-refractivity contribution is 0.239. The van der Waals surface area contributed by atoms with Gasteiger partial charge in [-0.25, -0.2) is 4.98 Å². The Morgan fingerprint density at radius 3 is 2.47 bits per heavy atom. The van der Waals surface area contributed by atoms with E-state index < -0.39 is 0 Å². The van der Waals surface area contributed by atoms with Gasteiger partial charge in [-0.2, -0.15) is 0 Å². The minimum atomic E-state index is -0.168. The first-order chi connectivity index (χ1) is 16.5. The molecular weight excluding hydrogens is 446 g/mol. The van der Waals surface area contributed by atoms with E-state index in [9.17, 15) is 0 Å². The maximum Gasteiger partial charge on any atom is 0.151 e. The molecule has 1 unspecified atom stereocenters. The standard InChI is InChI=1S/C28H26ClN3O2/c1-18(2)34-23-13-20(12-22(15-23)33-17-19-8-4-3-5-9-19)27-31-26-14-21(16-30-28(26)32-27)24-10-6-7-11-25(24)29/h3-16,18,27,31H,17H2,1-2H3,(H,30,32). The molecule has 0 aliphatic carbocycles. The third-order valence-corrected chi connectivity index (χ3v) is 5.84. The van der Waals surface area contributed by atoms with Gasteiger partial charge < -0.3 is 20.1 Å². The van der Waals surface area contributed by atoms with Crippen molar-refractivity contribution in [2.75, 3.05) is 10.6 Å². The maximum absolute atomic E-state index is 6.39. The van der Waals surface area contributed by atoms with Crippen molar-refractivity contribution in [3.63, 3.8) is 0 Å². The summed E-state index contributed by atoms with van der Waals surface area (Å²) in [6.45, 7) is 4.51. The molecule has 1 aromatic heterocycles. The van der Waals surface area contributed by atoms with Crippen LogP contribution in [-0.4, -0.2) is 11.1 Å². The predicted octanol–water partition coefficient (Wildman–Crippen LogP) is 7.30. The molecule has 5 rings (SSSR count). The summed E-state index contributed by atoms with van der Waals surface area (Å²) in [5.74, 6) is 2.31. The first-order valence-electron chi connectivity index (χ1n) is 11.3. The third-order valence-electron chi connectivity index (χ3n) is 5.51. The van der Waals surface area contributed by atoms with E-state index in [4.69, 9.17) is 21.1 Å². The molecule has 5 nitrogen and oxygen atoms in total. The molecule has 172 valence electrons. The number of hydrogen-bond donors (Lipinski definition) is 2. The number of pyridine rings is 1. The first-order valence-corrected chi connectivity index (χ1v) is 11.7. The Bertz CT molecular complexity index is 1290. The van der Waals surface area contributed by atoms with Crippen LogP contribution in [0, 0.1) is 0 Å². The summed E-state index contributed by atoms with van der Waals surface area (Å²) in [5, 5.41) is 7.69. The van der Waals surface area contributed by atoms with E-state index in [-0.39, 0.29) is 12.3 Å². The lowest BCUT2D eigenvalue weighted by Gasteiger charge is -2.18. The highest BCUT2D eigenvalue weighted by molar-refractivity contribution is 6.33. The summed E-state index contributed by atoms with van der Waals surface area (Å²) >= 11 is 6.39. The van der Waals surface area contributed by atoms with Crippen molar-refractivity contribution in [1.29, 1.82) is 0 Å². The van der Waals surface area contributed by atoms with Crippen LogP contribution in [0.3, 0.4) is 0 Å². The van der Waals surface area contributed by atoms with Crippen LogP contribution < -0.4 is 20.1 Å². The van der Waals surface area contributed by atoms with Crippen molar-refractivity contribution in [1.82, 2.24) is 4.98 Å². The Balaban J connectivity index is 1.39. The molecule has 2 N–H and O–H groups in total. The average molecular weight is 472 g/mol. The second-order valence-electron chi connectivity index (χ2n) is 8.50. The molecule has 6 heteroatoms.